The number of methoxy groups -OCH3 is 1. The summed E-state index contributed by atoms with van der Waals surface area (Å²) in [6, 6.07) is 11.7. The molecular weight excluding hydrogens is 214 g/mol. The van der Waals surface area contributed by atoms with Crippen LogP contribution in [0.1, 0.15) is 16.1 Å². The van der Waals surface area contributed by atoms with Gasteiger partial charge in [0.1, 0.15) is 5.69 Å². The summed E-state index contributed by atoms with van der Waals surface area (Å²) in [7, 11) is 1.35. The van der Waals surface area contributed by atoms with Crippen LogP contribution in [0.3, 0.4) is 0 Å². The van der Waals surface area contributed by atoms with Crippen LogP contribution < -0.4 is 0 Å². The number of pyridine rings is 1. The van der Waals surface area contributed by atoms with Crippen molar-refractivity contribution in [2.45, 2.75) is 6.92 Å². The van der Waals surface area contributed by atoms with Gasteiger partial charge in [0.25, 0.3) is 0 Å². The van der Waals surface area contributed by atoms with Gasteiger partial charge in [0.05, 0.1) is 7.11 Å². The number of nitrogens with zero attached hydrogens (tertiary/aromatic N) is 1. The Labute approximate surface area is 100 Å². The van der Waals surface area contributed by atoms with Gasteiger partial charge in [-0.3, -0.25) is 0 Å². The summed E-state index contributed by atoms with van der Waals surface area (Å²) < 4.78 is 4.64. The van der Waals surface area contributed by atoms with Gasteiger partial charge in [0, 0.05) is 11.8 Å². The van der Waals surface area contributed by atoms with Crippen molar-refractivity contribution < 1.29 is 9.53 Å². The van der Waals surface area contributed by atoms with Gasteiger partial charge >= 0.3 is 5.97 Å². The van der Waals surface area contributed by atoms with Crippen LogP contribution in [0, 0.1) is 6.92 Å². The van der Waals surface area contributed by atoms with Crippen molar-refractivity contribution in [2.75, 3.05) is 7.11 Å². The van der Waals surface area contributed by atoms with E-state index in [1.165, 1.54) is 7.11 Å². The molecule has 0 radical (unpaired) electrons. The molecular formula is C14H13NO2. The van der Waals surface area contributed by atoms with E-state index in [2.05, 4.69) is 9.72 Å². The number of aryl methyl sites for hydroxylation is 1. The molecule has 0 aliphatic carbocycles. The highest BCUT2D eigenvalue weighted by Crippen LogP contribution is 2.22. The number of benzene rings is 1. The van der Waals surface area contributed by atoms with E-state index in [0.29, 0.717) is 5.69 Å². The van der Waals surface area contributed by atoms with Crippen molar-refractivity contribution in [2.24, 2.45) is 0 Å². The number of hydrogen-bond acceptors (Lipinski definition) is 3. The van der Waals surface area contributed by atoms with Crippen LogP contribution in [0.5, 0.6) is 0 Å². The average Bonchev–Trinajstić information content (AvgIpc) is 2.38. The molecule has 0 N–H and O–H groups in total. The standard InChI is InChI=1S/C14H13NO2/c1-10-8-13(14(16)17-2)15-9-12(10)11-6-4-3-5-7-11/h3-9H,1-2H3. The molecule has 0 atom stereocenters. The number of hydrogen-bond donors (Lipinski definition) is 0. The predicted octanol–water partition coefficient (Wildman–Crippen LogP) is 2.84. The molecule has 3 nitrogen and oxygen atoms in total. The molecule has 1 aromatic heterocycles. The second-order valence-electron chi connectivity index (χ2n) is 3.74. The lowest BCUT2D eigenvalue weighted by atomic mass is 10.0. The monoisotopic (exact) mass is 227 g/mol. The van der Waals surface area contributed by atoms with Crippen molar-refractivity contribution in [3.05, 3.63) is 53.9 Å². The predicted molar refractivity (Wildman–Crippen MR) is 65.7 cm³/mol. The van der Waals surface area contributed by atoms with Gasteiger partial charge in [-0.15, -0.1) is 0 Å². The Morgan fingerprint density at radius 2 is 1.94 bits per heavy atom. The number of rotatable bonds is 2. The number of aromatic nitrogens is 1. The first kappa shape index (κ1) is 11.3. The number of carbonyl (C=O) groups excluding carboxylic acids is 1. The summed E-state index contributed by atoms with van der Waals surface area (Å²) in [6.07, 6.45) is 1.71. The Hall–Kier alpha value is -2.16. The zero-order valence-electron chi connectivity index (χ0n) is 9.81. The van der Waals surface area contributed by atoms with E-state index in [1.54, 1.807) is 12.3 Å². The van der Waals surface area contributed by atoms with Crippen LogP contribution in [-0.2, 0) is 4.74 Å². The van der Waals surface area contributed by atoms with Gasteiger partial charge < -0.3 is 4.74 Å². The molecule has 86 valence electrons. The first-order valence-corrected chi connectivity index (χ1v) is 5.33. The topological polar surface area (TPSA) is 39.2 Å². The molecule has 1 aromatic carbocycles. The fourth-order valence-corrected chi connectivity index (χ4v) is 1.69. The summed E-state index contributed by atoms with van der Waals surface area (Å²) >= 11 is 0. The van der Waals surface area contributed by atoms with E-state index < -0.39 is 5.97 Å². The molecule has 3 heteroatoms. The Balaban J connectivity index is 2.42. The average molecular weight is 227 g/mol. The fourth-order valence-electron chi connectivity index (χ4n) is 1.69. The second-order valence-corrected chi connectivity index (χ2v) is 3.74. The Morgan fingerprint density at radius 3 is 2.53 bits per heavy atom. The van der Waals surface area contributed by atoms with Crippen LogP contribution in [0.2, 0.25) is 0 Å². The van der Waals surface area contributed by atoms with Gasteiger partial charge in [0.15, 0.2) is 0 Å². The molecule has 1 heterocycles. The first-order chi connectivity index (χ1) is 8.22. The van der Waals surface area contributed by atoms with Crippen LogP contribution in [0.25, 0.3) is 11.1 Å². The zero-order chi connectivity index (χ0) is 12.3. The Kier molecular flexibility index (Phi) is 3.19. The summed E-state index contributed by atoms with van der Waals surface area (Å²) in [5.74, 6) is -0.410. The fraction of sp³-hybridized carbons (Fsp3) is 0.143. The normalized spacial score (nSPS) is 10.0. The van der Waals surface area contributed by atoms with Crippen molar-refractivity contribution in [3.8, 4) is 11.1 Å². The Bertz CT molecular complexity index is 535. The molecule has 0 unspecified atom stereocenters. The number of ether oxygens (including phenoxy) is 1. The lowest BCUT2D eigenvalue weighted by Crippen LogP contribution is -2.04. The largest absolute Gasteiger partial charge is 0.464 e. The van der Waals surface area contributed by atoms with E-state index in [1.807, 2.05) is 37.3 Å². The highest BCUT2D eigenvalue weighted by atomic mass is 16.5. The summed E-state index contributed by atoms with van der Waals surface area (Å²) in [4.78, 5) is 15.4. The lowest BCUT2D eigenvalue weighted by Gasteiger charge is -2.06. The molecule has 2 aromatic rings. The minimum Gasteiger partial charge on any atom is -0.464 e. The maximum atomic E-state index is 11.3. The third kappa shape index (κ3) is 2.33. The molecule has 0 bridgehead atoms. The summed E-state index contributed by atoms with van der Waals surface area (Å²) in [5.41, 5.74) is 3.46. The third-order valence-electron chi connectivity index (χ3n) is 2.59. The minimum absolute atomic E-state index is 0.338. The van der Waals surface area contributed by atoms with Gasteiger partial charge in [-0.25, -0.2) is 9.78 Å². The molecule has 0 aliphatic heterocycles. The summed E-state index contributed by atoms with van der Waals surface area (Å²) in [5, 5.41) is 0. The summed E-state index contributed by atoms with van der Waals surface area (Å²) in [6.45, 7) is 1.95. The zero-order valence-corrected chi connectivity index (χ0v) is 9.81. The van der Waals surface area contributed by atoms with Crippen molar-refractivity contribution in [1.29, 1.82) is 0 Å². The first-order valence-electron chi connectivity index (χ1n) is 5.33. The van der Waals surface area contributed by atoms with Crippen molar-refractivity contribution >= 4 is 5.97 Å². The van der Waals surface area contributed by atoms with Gasteiger partial charge in [-0.2, -0.15) is 0 Å². The molecule has 17 heavy (non-hydrogen) atoms. The van der Waals surface area contributed by atoms with Gasteiger partial charge in [-0.05, 0) is 24.1 Å². The minimum atomic E-state index is -0.410. The maximum Gasteiger partial charge on any atom is 0.356 e. The Morgan fingerprint density at radius 1 is 1.24 bits per heavy atom. The highest BCUT2D eigenvalue weighted by Gasteiger charge is 2.09. The molecule has 0 aliphatic rings. The van der Waals surface area contributed by atoms with Crippen LogP contribution in [0.15, 0.2) is 42.6 Å². The molecule has 0 saturated heterocycles. The van der Waals surface area contributed by atoms with E-state index >= 15 is 0 Å². The quantitative estimate of drug-likeness (QED) is 0.740. The van der Waals surface area contributed by atoms with Crippen LogP contribution >= 0.6 is 0 Å². The van der Waals surface area contributed by atoms with Gasteiger partial charge in [0.2, 0.25) is 0 Å². The number of esters is 1. The van der Waals surface area contributed by atoms with E-state index in [4.69, 9.17) is 0 Å². The number of carbonyl (C=O) groups is 1. The second kappa shape index (κ2) is 4.78. The molecule has 0 amide bonds. The van der Waals surface area contributed by atoms with Crippen LogP contribution in [-0.4, -0.2) is 18.1 Å². The van der Waals surface area contributed by atoms with Crippen molar-refractivity contribution in [1.82, 2.24) is 4.98 Å². The van der Waals surface area contributed by atoms with E-state index in [0.717, 1.165) is 16.7 Å². The third-order valence-corrected chi connectivity index (χ3v) is 2.59. The van der Waals surface area contributed by atoms with Gasteiger partial charge in [-0.1, -0.05) is 30.3 Å². The smallest absolute Gasteiger partial charge is 0.356 e. The van der Waals surface area contributed by atoms with E-state index in [-0.39, 0.29) is 0 Å². The van der Waals surface area contributed by atoms with Crippen molar-refractivity contribution in [3.63, 3.8) is 0 Å². The highest BCUT2D eigenvalue weighted by molar-refractivity contribution is 5.88. The van der Waals surface area contributed by atoms with E-state index in [9.17, 15) is 4.79 Å². The maximum absolute atomic E-state index is 11.3. The SMILES string of the molecule is COC(=O)c1cc(C)c(-c2ccccc2)cn1. The molecule has 2 rings (SSSR count). The lowest BCUT2D eigenvalue weighted by molar-refractivity contribution is 0.0594. The van der Waals surface area contributed by atoms with Crippen LogP contribution in [0.4, 0.5) is 0 Å². The molecule has 0 spiro atoms. The molecule has 0 fully saturated rings. The molecule has 0 saturated carbocycles.